The predicted octanol–water partition coefficient (Wildman–Crippen LogP) is 1.00. The van der Waals surface area contributed by atoms with Gasteiger partial charge in [-0.25, -0.2) is 8.42 Å². The fourth-order valence-corrected chi connectivity index (χ4v) is 3.26. The normalized spacial score (nSPS) is 17.2. The summed E-state index contributed by atoms with van der Waals surface area (Å²) in [5.41, 5.74) is 1.53. The van der Waals surface area contributed by atoms with Gasteiger partial charge in [0.05, 0.1) is 6.26 Å². The molecule has 0 atom stereocenters. The lowest BCUT2D eigenvalue weighted by Crippen LogP contribution is -2.50. The Morgan fingerprint density at radius 3 is 2.35 bits per heavy atom. The number of benzene rings is 1. The van der Waals surface area contributed by atoms with Crippen LogP contribution in [0.5, 0.6) is 0 Å². The number of carbonyl (C=O) groups is 1. The van der Waals surface area contributed by atoms with E-state index in [-0.39, 0.29) is 5.91 Å². The van der Waals surface area contributed by atoms with Crippen LogP contribution in [0.4, 0.5) is 0 Å². The zero-order valence-corrected chi connectivity index (χ0v) is 13.2. The zero-order valence-electron chi connectivity index (χ0n) is 11.5. The van der Waals surface area contributed by atoms with Crippen LogP contribution in [0.3, 0.4) is 0 Å². The third-order valence-corrected chi connectivity index (χ3v) is 5.03. The van der Waals surface area contributed by atoms with Crippen LogP contribution >= 0.6 is 12.6 Å². The second kappa shape index (κ2) is 5.75. The van der Waals surface area contributed by atoms with Crippen LogP contribution < -0.4 is 0 Å². The summed E-state index contributed by atoms with van der Waals surface area (Å²) in [4.78, 5) is 14.9. The minimum Gasteiger partial charge on any atom is -0.336 e. The average Bonchev–Trinajstić information content (AvgIpc) is 2.40. The van der Waals surface area contributed by atoms with Gasteiger partial charge in [-0.1, -0.05) is 6.07 Å². The largest absolute Gasteiger partial charge is 0.336 e. The van der Waals surface area contributed by atoms with Gasteiger partial charge in [0, 0.05) is 36.6 Å². The van der Waals surface area contributed by atoms with Gasteiger partial charge in [0.2, 0.25) is 10.0 Å². The van der Waals surface area contributed by atoms with Crippen molar-refractivity contribution in [1.82, 2.24) is 9.21 Å². The molecule has 1 aromatic rings. The van der Waals surface area contributed by atoms with Crippen LogP contribution in [0.25, 0.3) is 0 Å². The molecule has 1 saturated heterocycles. The van der Waals surface area contributed by atoms with Crippen molar-refractivity contribution in [3.05, 3.63) is 29.3 Å². The van der Waals surface area contributed by atoms with Crippen LogP contribution in [-0.4, -0.2) is 56.0 Å². The van der Waals surface area contributed by atoms with E-state index in [9.17, 15) is 13.2 Å². The molecule has 20 heavy (non-hydrogen) atoms. The maximum Gasteiger partial charge on any atom is 0.254 e. The molecule has 1 amide bonds. The van der Waals surface area contributed by atoms with E-state index in [1.165, 1.54) is 10.6 Å². The molecule has 0 saturated carbocycles. The Bertz CT molecular complexity index is 621. The van der Waals surface area contributed by atoms with Gasteiger partial charge in [0.25, 0.3) is 5.91 Å². The number of rotatable bonds is 2. The minimum absolute atomic E-state index is 0.0634. The summed E-state index contributed by atoms with van der Waals surface area (Å²) in [6, 6.07) is 5.46. The van der Waals surface area contributed by atoms with Crippen LogP contribution in [0.1, 0.15) is 15.9 Å². The molecule has 1 aromatic carbocycles. The van der Waals surface area contributed by atoms with Crippen molar-refractivity contribution in [2.24, 2.45) is 0 Å². The first kappa shape index (κ1) is 15.3. The van der Waals surface area contributed by atoms with Gasteiger partial charge >= 0.3 is 0 Å². The van der Waals surface area contributed by atoms with Gasteiger partial charge in [0.15, 0.2) is 0 Å². The fourth-order valence-electron chi connectivity index (χ4n) is 2.23. The summed E-state index contributed by atoms with van der Waals surface area (Å²) in [7, 11) is -3.17. The molecule has 0 N–H and O–H groups in total. The highest BCUT2D eigenvalue weighted by atomic mass is 32.2. The molecule has 5 nitrogen and oxygen atoms in total. The van der Waals surface area contributed by atoms with Crippen molar-refractivity contribution >= 4 is 28.6 Å². The van der Waals surface area contributed by atoms with Gasteiger partial charge in [-0.2, -0.15) is 4.31 Å². The fraction of sp³-hybridized carbons (Fsp3) is 0.462. The lowest BCUT2D eigenvalue weighted by atomic mass is 10.1. The van der Waals surface area contributed by atoms with Crippen molar-refractivity contribution in [3.8, 4) is 0 Å². The van der Waals surface area contributed by atoms with E-state index < -0.39 is 10.0 Å². The molecule has 1 heterocycles. The molecule has 1 aliphatic rings. The lowest BCUT2D eigenvalue weighted by molar-refractivity contribution is 0.0697. The first-order valence-corrected chi connectivity index (χ1v) is 8.62. The Labute approximate surface area is 125 Å². The predicted molar refractivity (Wildman–Crippen MR) is 80.8 cm³/mol. The van der Waals surface area contributed by atoms with Crippen LogP contribution in [0.2, 0.25) is 0 Å². The van der Waals surface area contributed by atoms with E-state index in [1.54, 1.807) is 11.0 Å². The number of hydrogen-bond donors (Lipinski definition) is 1. The molecule has 2 rings (SSSR count). The highest BCUT2D eigenvalue weighted by Gasteiger charge is 2.27. The standard InChI is InChI=1S/C13H18N2O3S2/c1-10-3-4-11(19)9-12(10)13(16)14-5-7-15(8-6-14)20(2,17)18/h3-4,9,19H,5-8H2,1-2H3. The van der Waals surface area contributed by atoms with Crippen LogP contribution in [0, 0.1) is 6.92 Å². The van der Waals surface area contributed by atoms with Crippen LogP contribution in [0.15, 0.2) is 23.1 Å². The summed E-state index contributed by atoms with van der Waals surface area (Å²) in [5, 5.41) is 0. The van der Waals surface area contributed by atoms with Crippen molar-refractivity contribution in [3.63, 3.8) is 0 Å². The Kier molecular flexibility index (Phi) is 4.41. The number of thiol groups is 1. The molecule has 0 aromatic heterocycles. The highest BCUT2D eigenvalue weighted by molar-refractivity contribution is 7.88. The van der Waals surface area contributed by atoms with E-state index in [0.717, 1.165) is 10.5 Å². The van der Waals surface area contributed by atoms with Crippen molar-refractivity contribution < 1.29 is 13.2 Å². The van der Waals surface area contributed by atoms with Gasteiger partial charge in [-0.15, -0.1) is 12.6 Å². The molecule has 0 bridgehead atoms. The summed E-state index contributed by atoms with van der Waals surface area (Å²) in [6.45, 7) is 3.42. The van der Waals surface area contributed by atoms with Gasteiger partial charge in [0.1, 0.15) is 0 Å². The van der Waals surface area contributed by atoms with Crippen molar-refractivity contribution in [2.75, 3.05) is 32.4 Å². The maximum absolute atomic E-state index is 12.5. The quantitative estimate of drug-likeness (QED) is 0.829. The second-order valence-corrected chi connectivity index (χ2v) is 7.45. The first-order chi connectivity index (χ1) is 9.29. The smallest absolute Gasteiger partial charge is 0.254 e. The maximum atomic E-state index is 12.5. The molecule has 1 aliphatic heterocycles. The number of amides is 1. The van der Waals surface area contributed by atoms with E-state index in [2.05, 4.69) is 12.6 Å². The monoisotopic (exact) mass is 314 g/mol. The van der Waals surface area contributed by atoms with Gasteiger partial charge in [-0.3, -0.25) is 4.79 Å². The highest BCUT2D eigenvalue weighted by Crippen LogP contribution is 2.17. The molecule has 0 spiro atoms. The molecule has 7 heteroatoms. The SMILES string of the molecule is Cc1ccc(S)cc1C(=O)N1CCN(S(C)(=O)=O)CC1. The topological polar surface area (TPSA) is 57.7 Å². The van der Waals surface area contributed by atoms with Crippen LogP contribution in [-0.2, 0) is 10.0 Å². The molecule has 0 radical (unpaired) electrons. The molecule has 0 aliphatic carbocycles. The van der Waals surface area contributed by atoms with Gasteiger partial charge < -0.3 is 4.90 Å². The Morgan fingerprint density at radius 2 is 1.80 bits per heavy atom. The Morgan fingerprint density at radius 1 is 1.20 bits per heavy atom. The third-order valence-electron chi connectivity index (χ3n) is 3.45. The minimum atomic E-state index is -3.17. The number of nitrogens with zero attached hydrogens (tertiary/aromatic N) is 2. The second-order valence-electron chi connectivity index (χ2n) is 4.95. The molecular weight excluding hydrogens is 296 g/mol. The Balaban J connectivity index is 2.11. The third kappa shape index (κ3) is 3.34. The van der Waals surface area contributed by atoms with E-state index in [1.807, 2.05) is 19.1 Å². The summed E-state index contributed by atoms with van der Waals surface area (Å²) >= 11 is 4.25. The Hall–Kier alpha value is -1.05. The first-order valence-electron chi connectivity index (χ1n) is 6.33. The molecule has 0 unspecified atom stereocenters. The lowest BCUT2D eigenvalue weighted by Gasteiger charge is -2.33. The van der Waals surface area contributed by atoms with Crippen molar-refractivity contribution in [2.45, 2.75) is 11.8 Å². The van der Waals surface area contributed by atoms with Crippen molar-refractivity contribution in [1.29, 1.82) is 0 Å². The summed E-state index contributed by atoms with van der Waals surface area (Å²) < 4.78 is 24.3. The van der Waals surface area contributed by atoms with E-state index in [0.29, 0.717) is 31.7 Å². The van der Waals surface area contributed by atoms with E-state index >= 15 is 0 Å². The average molecular weight is 314 g/mol. The molecular formula is C13H18N2O3S2. The zero-order chi connectivity index (χ0) is 14.9. The van der Waals surface area contributed by atoms with E-state index in [4.69, 9.17) is 0 Å². The summed E-state index contributed by atoms with van der Waals surface area (Å²) in [5.74, 6) is -0.0634. The number of piperazine rings is 1. The molecule has 1 fully saturated rings. The molecule has 110 valence electrons. The number of sulfonamides is 1. The number of aryl methyl sites for hydroxylation is 1. The van der Waals surface area contributed by atoms with Gasteiger partial charge in [-0.05, 0) is 24.6 Å². The number of carbonyl (C=O) groups excluding carboxylic acids is 1. The number of hydrogen-bond acceptors (Lipinski definition) is 4. The summed E-state index contributed by atoms with van der Waals surface area (Å²) in [6.07, 6.45) is 1.19.